The van der Waals surface area contributed by atoms with Gasteiger partial charge in [0.25, 0.3) is 0 Å². The second kappa shape index (κ2) is 7.96. The van der Waals surface area contributed by atoms with Crippen LogP contribution in [0.4, 0.5) is 26.5 Å². The van der Waals surface area contributed by atoms with E-state index < -0.39 is 17.5 Å². The summed E-state index contributed by atoms with van der Waals surface area (Å²) in [4.78, 5) is 25.6. The Balaban J connectivity index is 2.10. The number of ether oxygens (including phenoxy) is 1. The number of halogens is 1. The summed E-state index contributed by atoms with van der Waals surface area (Å²) in [6.45, 7) is 12.3. The molecule has 0 aliphatic rings. The molecule has 1 amide bonds. The number of amides is 1. The number of hydrogen-bond donors (Lipinski definition) is 1. The van der Waals surface area contributed by atoms with E-state index in [9.17, 15) is 9.18 Å². The normalized spacial score (nSPS) is 10.9. The molecule has 2 aromatic heterocycles. The number of carbonyl (C=O) groups is 1. The molecule has 9 heteroatoms. The van der Waals surface area contributed by atoms with E-state index in [1.807, 2.05) is 0 Å². The molecule has 2 heterocycles. The molecule has 8 nitrogen and oxygen atoms in total. The van der Waals surface area contributed by atoms with Crippen LogP contribution in [-0.2, 0) is 11.8 Å². The molecule has 0 spiro atoms. The monoisotopic (exact) mass is 420 g/mol. The second-order valence-corrected chi connectivity index (χ2v) is 7.82. The molecule has 0 saturated heterocycles. The Hall–Kier alpha value is -4.11. The highest BCUT2D eigenvalue weighted by Crippen LogP contribution is 2.30. The Labute approximate surface area is 179 Å². The summed E-state index contributed by atoms with van der Waals surface area (Å²) in [5, 5.41) is 0. The number of aromatic nitrogens is 3. The lowest BCUT2D eigenvalue weighted by Crippen LogP contribution is -2.34. The molecule has 1 aromatic carbocycles. The van der Waals surface area contributed by atoms with E-state index in [1.54, 1.807) is 38.7 Å². The number of rotatable bonds is 1. The van der Waals surface area contributed by atoms with Crippen molar-refractivity contribution in [1.82, 2.24) is 14.5 Å². The summed E-state index contributed by atoms with van der Waals surface area (Å²) < 4.78 is 20.7. The number of nitrogens with zero attached hydrogens (tertiary/aromatic N) is 5. The molecule has 0 bridgehead atoms. The molecule has 0 atom stereocenters. The number of carbonyl (C=O) groups excluding carboxylic acids is 1. The van der Waals surface area contributed by atoms with E-state index in [-0.39, 0.29) is 17.3 Å². The summed E-state index contributed by atoms with van der Waals surface area (Å²) in [5.74, 6) is 5.57. The number of pyridine rings is 1. The zero-order chi connectivity index (χ0) is 22.9. The number of nitrogen functional groups attached to an aromatic ring is 1. The minimum absolute atomic E-state index is 0.0986. The van der Waals surface area contributed by atoms with Gasteiger partial charge < -0.3 is 15.0 Å². The number of aryl methyl sites for hydroxylation is 1. The lowest BCUT2D eigenvalue weighted by Gasteiger charge is -2.24. The van der Waals surface area contributed by atoms with Crippen LogP contribution in [0.25, 0.3) is 15.9 Å². The first-order chi connectivity index (χ1) is 14.5. The Kier molecular flexibility index (Phi) is 5.54. The molecule has 2 N–H and O–H groups in total. The van der Waals surface area contributed by atoms with Crippen molar-refractivity contribution in [2.24, 2.45) is 7.05 Å². The van der Waals surface area contributed by atoms with E-state index in [4.69, 9.17) is 17.0 Å². The molecule has 3 rings (SSSR count). The number of benzene rings is 1. The quantitative estimate of drug-likeness (QED) is 0.474. The molecular weight excluding hydrogens is 399 g/mol. The summed E-state index contributed by atoms with van der Waals surface area (Å²) in [6, 6.07) is 4.04. The molecule has 0 unspecified atom stereocenters. The molecule has 0 radical (unpaired) electrons. The minimum Gasteiger partial charge on any atom is -0.443 e. The third-order valence-electron chi connectivity index (χ3n) is 4.25. The summed E-state index contributed by atoms with van der Waals surface area (Å²) in [6.07, 6.45) is 0.974. The third-order valence-corrected chi connectivity index (χ3v) is 4.25. The van der Waals surface area contributed by atoms with Crippen LogP contribution in [0.5, 0.6) is 0 Å². The zero-order valence-corrected chi connectivity index (χ0v) is 17.8. The summed E-state index contributed by atoms with van der Waals surface area (Å²) in [7, 11) is 3.30. The fourth-order valence-electron chi connectivity index (χ4n) is 2.82. The van der Waals surface area contributed by atoms with Crippen LogP contribution in [0.2, 0.25) is 0 Å². The van der Waals surface area contributed by atoms with E-state index in [0.717, 1.165) is 0 Å². The number of nitrogens with two attached hydrogens (primary N) is 1. The molecule has 3 aromatic rings. The van der Waals surface area contributed by atoms with Gasteiger partial charge in [-0.05, 0) is 39.0 Å². The summed E-state index contributed by atoms with van der Waals surface area (Å²) in [5.41, 5.74) is 7.26. The number of anilines is 2. The van der Waals surface area contributed by atoms with Crippen LogP contribution < -0.4 is 10.6 Å². The van der Waals surface area contributed by atoms with Gasteiger partial charge in [0.15, 0.2) is 5.82 Å². The fourth-order valence-corrected chi connectivity index (χ4v) is 2.82. The molecule has 158 valence electrons. The van der Waals surface area contributed by atoms with Crippen molar-refractivity contribution in [1.29, 1.82) is 0 Å². The van der Waals surface area contributed by atoms with Gasteiger partial charge in [0.2, 0.25) is 5.69 Å². The SMILES string of the molecule is [C-]#[N+]c1cc(C#Cc2c(N)nc(N(C)C(=O)OC(C)(C)C)c3ncn(C)c23)ccc1F. The topological polar surface area (TPSA) is 90.6 Å². The minimum atomic E-state index is -0.676. The lowest BCUT2D eigenvalue weighted by molar-refractivity contribution is 0.0588. The van der Waals surface area contributed by atoms with Crippen LogP contribution in [0.15, 0.2) is 24.5 Å². The van der Waals surface area contributed by atoms with Crippen molar-refractivity contribution < 1.29 is 13.9 Å². The maximum atomic E-state index is 13.6. The number of fused-ring (bicyclic) bond motifs is 1. The van der Waals surface area contributed by atoms with Gasteiger partial charge >= 0.3 is 6.09 Å². The highest BCUT2D eigenvalue weighted by Gasteiger charge is 2.25. The first-order valence-electron chi connectivity index (χ1n) is 9.28. The predicted octanol–water partition coefficient (Wildman–Crippen LogP) is 4.01. The van der Waals surface area contributed by atoms with Crippen molar-refractivity contribution in [3.05, 3.63) is 52.9 Å². The highest BCUT2D eigenvalue weighted by molar-refractivity contribution is 6.00. The standard InChI is InChI=1S/C22H21FN6O2/c1-22(2,3)31-21(30)29(6)20-17-18(28(5)12-26-17)14(19(24)27-20)9-7-13-8-10-15(23)16(11-13)25-4/h8,10-12H,1-3,5-6H3,(H2,24,27). The van der Waals surface area contributed by atoms with Gasteiger partial charge in [-0.3, -0.25) is 4.90 Å². The van der Waals surface area contributed by atoms with Gasteiger partial charge in [-0.2, -0.15) is 0 Å². The highest BCUT2D eigenvalue weighted by atomic mass is 19.1. The van der Waals surface area contributed by atoms with Crippen molar-refractivity contribution in [2.75, 3.05) is 17.7 Å². The first-order valence-corrected chi connectivity index (χ1v) is 9.28. The smallest absolute Gasteiger partial charge is 0.415 e. The average Bonchev–Trinajstić information content (AvgIpc) is 3.07. The van der Waals surface area contributed by atoms with Crippen molar-refractivity contribution in [3.63, 3.8) is 0 Å². The molecule has 0 aliphatic heterocycles. The average molecular weight is 420 g/mol. The van der Waals surface area contributed by atoms with Gasteiger partial charge in [-0.15, -0.1) is 0 Å². The Bertz CT molecular complexity index is 1290. The maximum absolute atomic E-state index is 13.6. The lowest BCUT2D eigenvalue weighted by atomic mass is 10.1. The van der Waals surface area contributed by atoms with Crippen LogP contribution >= 0.6 is 0 Å². The van der Waals surface area contributed by atoms with Gasteiger partial charge in [0.05, 0.1) is 24.0 Å². The Morgan fingerprint density at radius 2 is 2.06 bits per heavy atom. The number of imidazole rings is 1. The van der Waals surface area contributed by atoms with Gasteiger partial charge in [-0.1, -0.05) is 11.8 Å². The third kappa shape index (κ3) is 4.41. The van der Waals surface area contributed by atoms with Crippen LogP contribution in [0, 0.1) is 24.2 Å². The molecule has 31 heavy (non-hydrogen) atoms. The zero-order valence-electron chi connectivity index (χ0n) is 17.8. The summed E-state index contributed by atoms with van der Waals surface area (Å²) >= 11 is 0. The van der Waals surface area contributed by atoms with E-state index >= 15 is 0 Å². The van der Waals surface area contributed by atoms with E-state index in [2.05, 4.69) is 26.7 Å². The molecule has 0 aliphatic carbocycles. The van der Waals surface area contributed by atoms with Crippen molar-refractivity contribution >= 4 is 34.4 Å². The second-order valence-electron chi connectivity index (χ2n) is 7.82. The molecule has 0 saturated carbocycles. The Morgan fingerprint density at radius 1 is 1.35 bits per heavy atom. The molecular formula is C22H21FN6O2. The predicted molar refractivity (Wildman–Crippen MR) is 116 cm³/mol. The van der Waals surface area contributed by atoms with Crippen molar-refractivity contribution in [2.45, 2.75) is 26.4 Å². The Morgan fingerprint density at radius 3 is 2.71 bits per heavy atom. The fraction of sp³-hybridized carbons (Fsp3) is 0.273. The first kappa shape index (κ1) is 21.6. The van der Waals surface area contributed by atoms with E-state index in [1.165, 1.54) is 30.1 Å². The van der Waals surface area contributed by atoms with Gasteiger partial charge in [0.1, 0.15) is 22.8 Å². The number of hydrogen-bond acceptors (Lipinski definition) is 5. The molecule has 0 fully saturated rings. The maximum Gasteiger partial charge on any atom is 0.415 e. The van der Waals surface area contributed by atoms with Gasteiger partial charge in [-0.25, -0.2) is 24.0 Å². The van der Waals surface area contributed by atoms with Crippen LogP contribution in [-0.4, -0.2) is 33.3 Å². The van der Waals surface area contributed by atoms with Crippen LogP contribution in [0.1, 0.15) is 31.9 Å². The van der Waals surface area contributed by atoms with Crippen LogP contribution in [0.3, 0.4) is 0 Å². The van der Waals surface area contributed by atoms with Gasteiger partial charge in [0, 0.05) is 19.7 Å². The van der Waals surface area contributed by atoms with E-state index in [0.29, 0.717) is 22.2 Å². The van der Waals surface area contributed by atoms with Crippen molar-refractivity contribution in [3.8, 4) is 11.8 Å². The largest absolute Gasteiger partial charge is 0.443 e.